The number of hydrogen-bond donors (Lipinski definition) is 4. The summed E-state index contributed by atoms with van der Waals surface area (Å²) in [6.45, 7) is 0. The monoisotopic (exact) mass is 456 g/mol. The summed E-state index contributed by atoms with van der Waals surface area (Å²) in [4.78, 5) is 27.8. The van der Waals surface area contributed by atoms with Crippen molar-refractivity contribution in [3.63, 3.8) is 0 Å². The summed E-state index contributed by atoms with van der Waals surface area (Å²) >= 11 is 0. The van der Waals surface area contributed by atoms with E-state index in [0.717, 1.165) is 12.1 Å². The zero-order valence-electron chi connectivity index (χ0n) is 16.6. The third kappa shape index (κ3) is 4.39. The Morgan fingerprint density at radius 3 is 2.39 bits per heavy atom. The van der Waals surface area contributed by atoms with E-state index in [2.05, 4.69) is 20.7 Å². The zero-order chi connectivity index (χ0) is 23.8. The first kappa shape index (κ1) is 21.6. The van der Waals surface area contributed by atoms with Gasteiger partial charge < -0.3 is 21.5 Å². The van der Waals surface area contributed by atoms with Crippen LogP contribution in [0.3, 0.4) is 0 Å². The summed E-state index contributed by atoms with van der Waals surface area (Å²) in [5, 5.41) is 18.4. The summed E-state index contributed by atoms with van der Waals surface area (Å²) in [7, 11) is 0. The number of carboxylic acid groups (broad SMARTS) is 1. The van der Waals surface area contributed by atoms with Gasteiger partial charge >= 0.3 is 18.2 Å². The molecule has 33 heavy (non-hydrogen) atoms. The average Bonchev–Trinajstić information content (AvgIpc) is 3.15. The number of carbonyl (C=O) groups excluding carboxylic acids is 1. The molecule has 0 aliphatic rings. The topological polar surface area (TPSA) is 135 Å². The number of urea groups is 1. The molecule has 0 saturated carbocycles. The average molecular weight is 456 g/mol. The molecule has 168 valence electrons. The molecule has 2 heterocycles. The lowest BCUT2D eigenvalue weighted by Gasteiger charge is -2.11. The van der Waals surface area contributed by atoms with E-state index < -0.39 is 23.7 Å². The highest BCUT2D eigenvalue weighted by atomic mass is 19.4. The molecule has 9 nitrogen and oxygen atoms in total. The minimum atomic E-state index is -4.53. The Bertz CT molecular complexity index is 1370. The molecule has 5 N–H and O–H groups in total. The number of nitrogens with zero attached hydrogens (tertiary/aromatic N) is 3. The van der Waals surface area contributed by atoms with Crippen molar-refractivity contribution in [3.8, 4) is 11.1 Å². The van der Waals surface area contributed by atoms with Gasteiger partial charge in [-0.3, -0.25) is 0 Å². The van der Waals surface area contributed by atoms with E-state index in [1.165, 1.54) is 41.3 Å². The number of alkyl halides is 3. The van der Waals surface area contributed by atoms with Gasteiger partial charge in [-0.25, -0.2) is 19.1 Å². The largest absolute Gasteiger partial charge is 0.478 e. The molecule has 0 atom stereocenters. The van der Waals surface area contributed by atoms with Crippen LogP contribution < -0.4 is 16.4 Å². The van der Waals surface area contributed by atoms with Gasteiger partial charge in [0.15, 0.2) is 5.82 Å². The maximum Gasteiger partial charge on any atom is 0.416 e. The predicted molar refractivity (Wildman–Crippen MR) is 114 cm³/mol. The second-order valence-corrected chi connectivity index (χ2v) is 6.90. The summed E-state index contributed by atoms with van der Waals surface area (Å²) in [6, 6.07) is 9.63. The van der Waals surface area contributed by atoms with Crippen LogP contribution in [0.2, 0.25) is 0 Å². The molecule has 0 spiro atoms. The molecular formula is C21H15F3N6O3. The van der Waals surface area contributed by atoms with Gasteiger partial charge in [-0.2, -0.15) is 18.3 Å². The number of fused-ring (bicyclic) bond motifs is 1. The number of aromatic nitrogens is 3. The second kappa shape index (κ2) is 8.15. The third-order valence-electron chi connectivity index (χ3n) is 4.71. The molecule has 0 unspecified atom stereocenters. The molecule has 4 aromatic rings. The van der Waals surface area contributed by atoms with Crippen molar-refractivity contribution >= 4 is 34.7 Å². The number of carbonyl (C=O) groups is 2. The van der Waals surface area contributed by atoms with Crippen LogP contribution in [0.15, 0.2) is 61.1 Å². The number of carboxylic acids is 1. The normalized spacial score (nSPS) is 11.4. The van der Waals surface area contributed by atoms with Crippen LogP contribution in [0.25, 0.3) is 16.6 Å². The maximum absolute atomic E-state index is 12.8. The van der Waals surface area contributed by atoms with Gasteiger partial charge in [-0.05, 0) is 35.9 Å². The van der Waals surface area contributed by atoms with E-state index in [1.807, 2.05) is 0 Å². The van der Waals surface area contributed by atoms with Crippen LogP contribution >= 0.6 is 0 Å². The van der Waals surface area contributed by atoms with Crippen LogP contribution in [0.5, 0.6) is 0 Å². The van der Waals surface area contributed by atoms with Gasteiger partial charge in [0.2, 0.25) is 0 Å². The fraction of sp³-hybridized carbons (Fsp3) is 0.0476. The Morgan fingerprint density at radius 2 is 1.73 bits per heavy atom. The fourth-order valence-electron chi connectivity index (χ4n) is 3.28. The Balaban J connectivity index is 1.56. The zero-order valence-corrected chi connectivity index (χ0v) is 16.6. The van der Waals surface area contributed by atoms with Crippen LogP contribution in [0.1, 0.15) is 15.9 Å². The lowest BCUT2D eigenvalue weighted by molar-refractivity contribution is -0.137. The van der Waals surface area contributed by atoms with Crippen molar-refractivity contribution in [1.82, 2.24) is 14.6 Å². The lowest BCUT2D eigenvalue weighted by atomic mass is 10.0. The molecule has 2 aromatic carbocycles. The minimum Gasteiger partial charge on any atom is -0.478 e. The molecular weight excluding hydrogens is 441 g/mol. The number of anilines is 3. The number of benzene rings is 2. The number of nitrogens with two attached hydrogens (primary N) is 1. The van der Waals surface area contributed by atoms with Crippen molar-refractivity contribution in [2.75, 3.05) is 16.4 Å². The number of rotatable bonds is 4. The first-order chi connectivity index (χ1) is 15.6. The lowest BCUT2D eigenvalue weighted by Crippen LogP contribution is -2.19. The SMILES string of the molecule is Nc1ncnn2cc(C(=O)O)c(-c3ccc(NC(=O)Nc4cccc(C(F)(F)F)c4)cc3)c12. The van der Waals surface area contributed by atoms with E-state index in [4.69, 9.17) is 5.73 Å². The van der Waals surface area contributed by atoms with E-state index in [9.17, 15) is 27.9 Å². The standard InChI is InChI=1S/C21H15F3N6O3/c22-21(23,24)12-2-1-3-14(8-12)29-20(33)28-13-6-4-11(5-7-13)16-15(19(31)32)9-30-17(16)18(25)26-10-27-30/h1-10H,(H,31,32)(H2,25,26,27)(H2,28,29,33). The Morgan fingerprint density at radius 1 is 1.03 bits per heavy atom. The van der Waals surface area contributed by atoms with E-state index >= 15 is 0 Å². The number of aromatic carboxylic acids is 1. The van der Waals surface area contributed by atoms with Gasteiger partial charge in [-0.15, -0.1) is 0 Å². The molecule has 4 rings (SSSR count). The van der Waals surface area contributed by atoms with Gasteiger partial charge in [0, 0.05) is 23.1 Å². The van der Waals surface area contributed by atoms with Crippen molar-refractivity contribution < 1.29 is 27.9 Å². The summed E-state index contributed by atoms with van der Waals surface area (Å²) < 4.78 is 39.8. The van der Waals surface area contributed by atoms with E-state index in [-0.39, 0.29) is 17.1 Å². The molecule has 0 bridgehead atoms. The van der Waals surface area contributed by atoms with Gasteiger partial charge in [0.05, 0.1) is 11.1 Å². The van der Waals surface area contributed by atoms with Gasteiger partial charge in [0.1, 0.15) is 11.8 Å². The summed E-state index contributed by atoms with van der Waals surface area (Å²) in [6.07, 6.45) is -2.01. The van der Waals surface area contributed by atoms with E-state index in [1.54, 1.807) is 12.1 Å². The van der Waals surface area contributed by atoms with Crippen molar-refractivity contribution in [2.45, 2.75) is 6.18 Å². The Labute approximate surface area is 183 Å². The van der Waals surface area contributed by atoms with Crippen LogP contribution in [-0.4, -0.2) is 31.7 Å². The summed E-state index contributed by atoms with van der Waals surface area (Å²) in [5.41, 5.74) is 6.40. The second-order valence-electron chi connectivity index (χ2n) is 6.90. The highest BCUT2D eigenvalue weighted by Gasteiger charge is 2.30. The van der Waals surface area contributed by atoms with Crippen molar-refractivity contribution in [1.29, 1.82) is 0 Å². The molecule has 2 amide bonds. The Hall–Kier alpha value is -4.61. The van der Waals surface area contributed by atoms with Crippen molar-refractivity contribution in [3.05, 3.63) is 72.2 Å². The molecule has 0 fully saturated rings. The molecule has 0 aliphatic carbocycles. The highest BCUT2D eigenvalue weighted by molar-refractivity contribution is 6.04. The number of nitrogen functional groups attached to an aromatic ring is 1. The predicted octanol–water partition coefficient (Wildman–Crippen LogP) is 4.34. The smallest absolute Gasteiger partial charge is 0.416 e. The van der Waals surface area contributed by atoms with Crippen LogP contribution in [0, 0.1) is 0 Å². The number of amides is 2. The quantitative estimate of drug-likeness (QED) is 0.361. The summed E-state index contributed by atoms with van der Waals surface area (Å²) in [5.74, 6) is -1.09. The molecule has 2 aromatic heterocycles. The Kier molecular flexibility index (Phi) is 5.34. The van der Waals surface area contributed by atoms with Crippen LogP contribution in [0.4, 0.5) is 35.2 Å². The number of hydrogen-bond acceptors (Lipinski definition) is 5. The van der Waals surface area contributed by atoms with Gasteiger partial charge in [-0.1, -0.05) is 18.2 Å². The van der Waals surface area contributed by atoms with E-state index in [0.29, 0.717) is 22.3 Å². The van der Waals surface area contributed by atoms with Crippen molar-refractivity contribution in [2.24, 2.45) is 0 Å². The minimum absolute atomic E-state index is 0.0270. The number of nitrogens with one attached hydrogen (secondary N) is 2. The fourth-order valence-corrected chi connectivity index (χ4v) is 3.28. The number of halogens is 3. The first-order valence-corrected chi connectivity index (χ1v) is 9.34. The molecule has 0 aliphatic heterocycles. The third-order valence-corrected chi connectivity index (χ3v) is 4.71. The molecule has 0 saturated heterocycles. The van der Waals surface area contributed by atoms with Crippen LogP contribution in [-0.2, 0) is 6.18 Å². The first-order valence-electron chi connectivity index (χ1n) is 9.34. The highest BCUT2D eigenvalue weighted by Crippen LogP contribution is 2.33. The van der Waals surface area contributed by atoms with Gasteiger partial charge in [0.25, 0.3) is 0 Å². The molecule has 12 heteroatoms. The maximum atomic E-state index is 12.8. The molecule has 0 radical (unpaired) electrons.